The van der Waals surface area contributed by atoms with Gasteiger partial charge in [0.15, 0.2) is 11.6 Å². The summed E-state index contributed by atoms with van der Waals surface area (Å²) in [5, 5.41) is 5.70. The van der Waals surface area contributed by atoms with Crippen LogP contribution in [-0.2, 0) is 4.79 Å². The monoisotopic (exact) mass is 359 g/mol. The molecule has 1 heterocycles. The van der Waals surface area contributed by atoms with Gasteiger partial charge < -0.3 is 15.5 Å². The average Bonchev–Trinajstić information content (AvgIpc) is 2.66. The second-order valence-corrected chi connectivity index (χ2v) is 6.58. The predicted molar refractivity (Wildman–Crippen MR) is 101 cm³/mol. The van der Waals surface area contributed by atoms with Gasteiger partial charge in [0.2, 0.25) is 5.91 Å². The number of rotatable bonds is 5. The van der Waals surface area contributed by atoms with Gasteiger partial charge in [0.1, 0.15) is 6.04 Å². The Morgan fingerprint density at radius 3 is 2.27 bits per heavy atom. The molecule has 2 aromatic rings. The Labute approximate surface area is 152 Å². The van der Waals surface area contributed by atoms with Crippen molar-refractivity contribution in [1.29, 1.82) is 0 Å². The fraction of sp³-hybridized carbons (Fsp3) is 0.350. The molecule has 6 heteroatoms. The molecule has 2 N–H and O–H groups in total. The van der Waals surface area contributed by atoms with E-state index in [0.29, 0.717) is 0 Å². The van der Waals surface area contributed by atoms with Crippen LogP contribution in [0.5, 0.6) is 0 Å². The highest BCUT2D eigenvalue weighted by Crippen LogP contribution is 2.22. The standard InChI is InChI=1S/C20H23F2N3O/c1-14(20(26)24-16-7-10-18(21)19(22)13-16)23-15-5-8-17(9-6-15)25-11-3-2-4-12-25/h5-10,13-14,23H,2-4,11-12H2,1H3,(H,24,26). The van der Waals surface area contributed by atoms with Gasteiger partial charge in [-0.05, 0) is 62.6 Å². The molecule has 138 valence electrons. The van der Waals surface area contributed by atoms with Crippen LogP contribution in [0.15, 0.2) is 42.5 Å². The van der Waals surface area contributed by atoms with E-state index in [4.69, 9.17) is 0 Å². The smallest absolute Gasteiger partial charge is 0.246 e. The first-order chi connectivity index (χ1) is 12.5. The van der Waals surface area contributed by atoms with E-state index in [0.717, 1.165) is 30.9 Å². The van der Waals surface area contributed by atoms with Crippen molar-refractivity contribution in [1.82, 2.24) is 0 Å². The van der Waals surface area contributed by atoms with E-state index in [-0.39, 0.29) is 11.6 Å². The summed E-state index contributed by atoms with van der Waals surface area (Å²) in [4.78, 5) is 14.6. The summed E-state index contributed by atoms with van der Waals surface area (Å²) in [6.45, 7) is 3.88. The van der Waals surface area contributed by atoms with Crippen molar-refractivity contribution >= 4 is 23.0 Å². The van der Waals surface area contributed by atoms with E-state index < -0.39 is 17.7 Å². The lowest BCUT2D eigenvalue weighted by Crippen LogP contribution is -2.32. The van der Waals surface area contributed by atoms with Crippen LogP contribution in [0.3, 0.4) is 0 Å². The molecule has 1 amide bonds. The third-order valence-corrected chi connectivity index (χ3v) is 4.55. The zero-order valence-electron chi connectivity index (χ0n) is 14.8. The van der Waals surface area contributed by atoms with E-state index >= 15 is 0 Å². The molecule has 3 rings (SSSR count). The number of piperidine rings is 1. The van der Waals surface area contributed by atoms with Crippen LogP contribution >= 0.6 is 0 Å². The van der Waals surface area contributed by atoms with Crippen molar-refractivity contribution in [2.45, 2.75) is 32.2 Å². The Morgan fingerprint density at radius 2 is 1.62 bits per heavy atom. The van der Waals surface area contributed by atoms with Gasteiger partial charge in [0.05, 0.1) is 0 Å². The van der Waals surface area contributed by atoms with Gasteiger partial charge in [-0.15, -0.1) is 0 Å². The van der Waals surface area contributed by atoms with Gasteiger partial charge in [-0.1, -0.05) is 0 Å². The normalized spacial score (nSPS) is 15.4. The largest absolute Gasteiger partial charge is 0.374 e. The maximum absolute atomic E-state index is 13.2. The summed E-state index contributed by atoms with van der Waals surface area (Å²) < 4.78 is 26.2. The molecule has 0 saturated carbocycles. The highest BCUT2D eigenvalue weighted by molar-refractivity contribution is 5.96. The van der Waals surface area contributed by atoms with Crippen LogP contribution in [0.1, 0.15) is 26.2 Å². The van der Waals surface area contributed by atoms with Crippen LogP contribution in [-0.4, -0.2) is 25.0 Å². The van der Waals surface area contributed by atoms with Crippen LogP contribution in [0.25, 0.3) is 0 Å². The molecular formula is C20H23F2N3O. The zero-order chi connectivity index (χ0) is 18.5. The maximum Gasteiger partial charge on any atom is 0.246 e. The Bertz CT molecular complexity index is 758. The van der Waals surface area contributed by atoms with Gasteiger partial charge in [-0.2, -0.15) is 0 Å². The minimum atomic E-state index is -0.989. The number of anilines is 3. The number of nitrogens with one attached hydrogen (secondary N) is 2. The first-order valence-electron chi connectivity index (χ1n) is 8.90. The summed E-state index contributed by atoms with van der Waals surface area (Å²) in [5.41, 5.74) is 2.25. The second kappa shape index (κ2) is 8.17. The number of halogens is 2. The number of benzene rings is 2. The lowest BCUT2D eigenvalue weighted by Gasteiger charge is -2.29. The van der Waals surface area contributed by atoms with Crippen LogP contribution in [0, 0.1) is 11.6 Å². The predicted octanol–water partition coefficient (Wildman–Crippen LogP) is 4.39. The van der Waals surface area contributed by atoms with Gasteiger partial charge >= 0.3 is 0 Å². The number of carbonyl (C=O) groups excluding carboxylic acids is 1. The molecule has 1 atom stereocenters. The molecule has 1 aliphatic heterocycles. The highest BCUT2D eigenvalue weighted by atomic mass is 19.2. The Hall–Kier alpha value is -2.63. The van der Waals surface area contributed by atoms with Gasteiger partial charge in [-0.3, -0.25) is 4.79 Å². The van der Waals surface area contributed by atoms with Gasteiger partial charge in [0, 0.05) is 36.2 Å². The van der Waals surface area contributed by atoms with E-state index in [9.17, 15) is 13.6 Å². The minimum absolute atomic E-state index is 0.225. The fourth-order valence-electron chi connectivity index (χ4n) is 3.06. The molecule has 0 spiro atoms. The molecule has 0 bridgehead atoms. The maximum atomic E-state index is 13.2. The summed E-state index contributed by atoms with van der Waals surface area (Å²) in [7, 11) is 0. The molecule has 2 aromatic carbocycles. The molecular weight excluding hydrogens is 336 g/mol. The molecule has 0 radical (unpaired) electrons. The number of carbonyl (C=O) groups is 1. The van der Waals surface area contributed by atoms with E-state index in [1.165, 1.54) is 31.0 Å². The van der Waals surface area contributed by atoms with Gasteiger partial charge in [-0.25, -0.2) is 8.78 Å². The van der Waals surface area contributed by atoms with Crippen LogP contribution in [0.2, 0.25) is 0 Å². The number of amides is 1. The van der Waals surface area contributed by atoms with Crippen molar-refractivity contribution in [3.8, 4) is 0 Å². The first-order valence-corrected chi connectivity index (χ1v) is 8.90. The lowest BCUT2D eigenvalue weighted by atomic mass is 10.1. The zero-order valence-corrected chi connectivity index (χ0v) is 14.8. The summed E-state index contributed by atoms with van der Waals surface area (Å²) in [5.74, 6) is -2.25. The number of hydrogen-bond donors (Lipinski definition) is 2. The summed E-state index contributed by atoms with van der Waals surface area (Å²) in [6, 6.07) is 10.8. The van der Waals surface area contributed by atoms with Gasteiger partial charge in [0.25, 0.3) is 0 Å². The SMILES string of the molecule is CC(Nc1ccc(N2CCCCC2)cc1)C(=O)Nc1ccc(F)c(F)c1. The van der Waals surface area contributed by atoms with Crippen molar-refractivity contribution in [2.75, 3.05) is 28.6 Å². The van der Waals surface area contributed by atoms with E-state index in [1.54, 1.807) is 6.92 Å². The molecule has 1 fully saturated rings. The summed E-state index contributed by atoms with van der Waals surface area (Å²) in [6.07, 6.45) is 3.74. The Kier molecular flexibility index (Phi) is 5.71. The number of nitrogens with zero attached hydrogens (tertiary/aromatic N) is 1. The third-order valence-electron chi connectivity index (χ3n) is 4.55. The molecule has 26 heavy (non-hydrogen) atoms. The second-order valence-electron chi connectivity index (χ2n) is 6.58. The van der Waals surface area contributed by atoms with E-state index in [2.05, 4.69) is 15.5 Å². The molecule has 4 nitrogen and oxygen atoms in total. The Balaban J connectivity index is 1.57. The van der Waals surface area contributed by atoms with Crippen molar-refractivity contribution in [2.24, 2.45) is 0 Å². The topological polar surface area (TPSA) is 44.4 Å². The lowest BCUT2D eigenvalue weighted by molar-refractivity contribution is -0.116. The molecule has 0 aromatic heterocycles. The average molecular weight is 359 g/mol. The van der Waals surface area contributed by atoms with Crippen LogP contribution in [0.4, 0.5) is 25.8 Å². The summed E-state index contributed by atoms with van der Waals surface area (Å²) >= 11 is 0. The first kappa shape index (κ1) is 18.2. The molecule has 0 aliphatic carbocycles. The minimum Gasteiger partial charge on any atom is -0.374 e. The highest BCUT2D eigenvalue weighted by Gasteiger charge is 2.15. The van der Waals surface area contributed by atoms with E-state index in [1.807, 2.05) is 24.3 Å². The molecule has 1 saturated heterocycles. The van der Waals surface area contributed by atoms with Crippen molar-refractivity contribution in [3.05, 3.63) is 54.1 Å². The molecule has 1 unspecified atom stereocenters. The Morgan fingerprint density at radius 1 is 0.962 bits per heavy atom. The molecule has 1 aliphatic rings. The quantitative estimate of drug-likeness (QED) is 0.832. The van der Waals surface area contributed by atoms with Crippen LogP contribution < -0.4 is 15.5 Å². The number of hydrogen-bond acceptors (Lipinski definition) is 3. The van der Waals surface area contributed by atoms with Crippen molar-refractivity contribution in [3.63, 3.8) is 0 Å². The van der Waals surface area contributed by atoms with Crippen molar-refractivity contribution < 1.29 is 13.6 Å². The fourth-order valence-corrected chi connectivity index (χ4v) is 3.06. The third kappa shape index (κ3) is 4.50.